The van der Waals surface area contributed by atoms with Crippen molar-refractivity contribution in [3.63, 3.8) is 0 Å². The Morgan fingerprint density at radius 3 is 2.60 bits per heavy atom. The van der Waals surface area contributed by atoms with Crippen molar-refractivity contribution < 1.29 is 18.0 Å². The standard InChI is InChI=1S/C17H21F3N4O/c1-23(13-17(18,19)20)9-5-8-21-16(25)22-14-6-4-7-15(12-14)24-10-2-3-11-24/h2-4,6-7,10-12H,5,8-9,13H2,1H3,(H2,21,22,25). The SMILES string of the molecule is CN(CCCNC(=O)Nc1cccc(-n2cccc2)c1)CC(F)(F)F. The van der Waals surface area contributed by atoms with E-state index in [2.05, 4.69) is 10.6 Å². The van der Waals surface area contributed by atoms with Crippen molar-refractivity contribution in [2.75, 3.05) is 32.0 Å². The number of carbonyl (C=O) groups is 1. The number of carbonyl (C=O) groups excluding carboxylic acids is 1. The fourth-order valence-corrected chi connectivity index (χ4v) is 2.36. The van der Waals surface area contributed by atoms with Crippen molar-refractivity contribution in [3.8, 4) is 5.69 Å². The van der Waals surface area contributed by atoms with Gasteiger partial charge in [-0.3, -0.25) is 4.90 Å². The van der Waals surface area contributed by atoms with E-state index in [1.54, 1.807) is 6.07 Å². The maximum absolute atomic E-state index is 12.2. The van der Waals surface area contributed by atoms with Crippen molar-refractivity contribution >= 4 is 11.7 Å². The zero-order valence-corrected chi connectivity index (χ0v) is 13.9. The van der Waals surface area contributed by atoms with Crippen LogP contribution in [0.4, 0.5) is 23.7 Å². The van der Waals surface area contributed by atoms with Crippen LogP contribution < -0.4 is 10.6 Å². The normalized spacial score (nSPS) is 11.6. The first-order valence-corrected chi connectivity index (χ1v) is 7.87. The molecule has 0 atom stereocenters. The molecule has 0 radical (unpaired) electrons. The van der Waals surface area contributed by atoms with Gasteiger partial charge in [0, 0.05) is 30.3 Å². The van der Waals surface area contributed by atoms with Crippen LogP contribution in [0.2, 0.25) is 0 Å². The first-order chi connectivity index (χ1) is 11.8. The van der Waals surface area contributed by atoms with Gasteiger partial charge in [0.1, 0.15) is 0 Å². The summed E-state index contributed by atoms with van der Waals surface area (Å²) in [6, 6.07) is 10.8. The van der Waals surface area contributed by atoms with Crippen LogP contribution in [0.1, 0.15) is 6.42 Å². The van der Waals surface area contributed by atoms with E-state index in [1.165, 1.54) is 11.9 Å². The van der Waals surface area contributed by atoms with Gasteiger partial charge in [-0.2, -0.15) is 13.2 Å². The molecular formula is C17H21F3N4O. The summed E-state index contributed by atoms with van der Waals surface area (Å²) in [4.78, 5) is 13.0. The maximum Gasteiger partial charge on any atom is 0.401 e. The lowest BCUT2D eigenvalue weighted by atomic mass is 10.3. The molecule has 1 heterocycles. The largest absolute Gasteiger partial charge is 0.401 e. The number of nitrogens with one attached hydrogen (secondary N) is 2. The predicted octanol–water partition coefficient (Wildman–Crippen LogP) is 3.48. The number of anilines is 1. The van der Waals surface area contributed by atoms with Crippen molar-refractivity contribution in [1.29, 1.82) is 0 Å². The molecule has 2 N–H and O–H groups in total. The highest BCUT2D eigenvalue weighted by molar-refractivity contribution is 5.89. The zero-order valence-electron chi connectivity index (χ0n) is 13.9. The number of benzene rings is 1. The molecule has 0 fully saturated rings. The Hall–Kier alpha value is -2.48. The fraction of sp³-hybridized carbons (Fsp3) is 0.353. The lowest BCUT2D eigenvalue weighted by molar-refractivity contribution is -0.143. The van der Waals surface area contributed by atoms with Gasteiger partial charge in [-0.1, -0.05) is 6.07 Å². The molecule has 0 unspecified atom stereocenters. The molecule has 0 saturated heterocycles. The lowest BCUT2D eigenvalue weighted by Crippen LogP contribution is -2.34. The third-order valence-electron chi connectivity index (χ3n) is 3.46. The minimum absolute atomic E-state index is 0.253. The van der Waals surface area contributed by atoms with Crippen LogP contribution in [0, 0.1) is 0 Å². The first-order valence-electron chi connectivity index (χ1n) is 7.87. The van der Waals surface area contributed by atoms with Crippen molar-refractivity contribution in [2.24, 2.45) is 0 Å². The van der Waals surface area contributed by atoms with Crippen molar-refractivity contribution in [3.05, 3.63) is 48.8 Å². The van der Waals surface area contributed by atoms with Crippen LogP contribution in [-0.2, 0) is 0 Å². The van der Waals surface area contributed by atoms with Crippen molar-refractivity contribution in [2.45, 2.75) is 12.6 Å². The van der Waals surface area contributed by atoms with Crippen LogP contribution in [0.5, 0.6) is 0 Å². The van der Waals surface area contributed by atoms with Gasteiger partial charge in [-0.05, 0) is 50.3 Å². The molecule has 1 aromatic carbocycles. The van der Waals surface area contributed by atoms with Gasteiger partial charge in [-0.15, -0.1) is 0 Å². The molecule has 25 heavy (non-hydrogen) atoms. The summed E-state index contributed by atoms with van der Waals surface area (Å²) in [6.07, 6.45) is 0.0287. The van der Waals surface area contributed by atoms with E-state index in [4.69, 9.17) is 0 Å². The summed E-state index contributed by atoms with van der Waals surface area (Å²) in [7, 11) is 1.40. The smallest absolute Gasteiger partial charge is 0.338 e. The topological polar surface area (TPSA) is 49.3 Å². The van der Waals surface area contributed by atoms with Gasteiger partial charge in [0.25, 0.3) is 0 Å². The highest BCUT2D eigenvalue weighted by Gasteiger charge is 2.28. The zero-order chi connectivity index (χ0) is 18.3. The third kappa shape index (κ3) is 6.88. The predicted molar refractivity (Wildman–Crippen MR) is 91.0 cm³/mol. The second-order valence-electron chi connectivity index (χ2n) is 5.73. The van der Waals surface area contributed by atoms with Crippen LogP contribution >= 0.6 is 0 Å². The van der Waals surface area contributed by atoms with Gasteiger partial charge in [-0.25, -0.2) is 4.79 Å². The monoisotopic (exact) mass is 354 g/mol. The van der Waals surface area contributed by atoms with E-state index in [-0.39, 0.29) is 12.6 Å². The Labute approximate surface area is 144 Å². The van der Waals surface area contributed by atoms with E-state index < -0.39 is 12.7 Å². The molecule has 1 aromatic heterocycles. The quantitative estimate of drug-likeness (QED) is 0.748. The molecule has 2 amide bonds. The highest BCUT2D eigenvalue weighted by Crippen LogP contribution is 2.16. The molecule has 0 aliphatic heterocycles. The van der Waals surface area contributed by atoms with Crippen molar-refractivity contribution in [1.82, 2.24) is 14.8 Å². The fourth-order valence-electron chi connectivity index (χ4n) is 2.36. The van der Waals surface area contributed by atoms with E-state index in [9.17, 15) is 18.0 Å². The van der Waals surface area contributed by atoms with Gasteiger partial charge >= 0.3 is 12.2 Å². The number of nitrogens with zero attached hydrogens (tertiary/aromatic N) is 2. The van der Waals surface area contributed by atoms with E-state index >= 15 is 0 Å². The Kier molecular flexibility index (Phi) is 6.46. The first kappa shape index (κ1) is 18.9. The average molecular weight is 354 g/mol. The van der Waals surface area contributed by atoms with Crippen LogP contribution in [0.15, 0.2) is 48.8 Å². The van der Waals surface area contributed by atoms with Crippen LogP contribution in [0.25, 0.3) is 5.69 Å². The molecule has 0 aliphatic carbocycles. The molecule has 0 bridgehead atoms. The molecule has 8 heteroatoms. The van der Waals surface area contributed by atoms with Gasteiger partial charge < -0.3 is 15.2 Å². The van der Waals surface area contributed by atoms with Gasteiger partial charge in [0.2, 0.25) is 0 Å². The minimum atomic E-state index is -4.20. The Balaban J connectivity index is 1.73. The van der Waals surface area contributed by atoms with Gasteiger partial charge in [0.15, 0.2) is 0 Å². The van der Waals surface area contributed by atoms with E-state index in [0.717, 1.165) is 5.69 Å². The summed E-state index contributed by atoms with van der Waals surface area (Å²) in [6.45, 7) is -0.403. The third-order valence-corrected chi connectivity index (χ3v) is 3.46. The summed E-state index contributed by atoms with van der Waals surface area (Å²) < 4.78 is 38.5. The number of hydrogen-bond acceptors (Lipinski definition) is 2. The molecule has 136 valence electrons. The lowest BCUT2D eigenvalue weighted by Gasteiger charge is -2.18. The summed E-state index contributed by atoms with van der Waals surface area (Å²) in [5.74, 6) is 0. The van der Waals surface area contributed by atoms with Gasteiger partial charge in [0.05, 0.1) is 6.54 Å². The summed E-state index contributed by atoms with van der Waals surface area (Å²) in [5.41, 5.74) is 1.55. The Morgan fingerprint density at radius 2 is 1.92 bits per heavy atom. The average Bonchev–Trinajstić information content (AvgIpc) is 3.04. The second-order valence-corrected chi connectivity index (χ2v) is 5.73. The van der Waals surface area contributed by atoms with E-state index in [0.29, 0.717) is 18.7 Å². The van der Waals surface area contributed by atoms with Crippen LogP contribution in [0.3, 0.4) is 0 Å². The molecular weight excluding hydrogens is 333 g/mol. The number of urea groups is 1. The number of aromatic nitrogens is 1. The Morgan fingerprint density at radius 1 is 1.20 bits per heavy atom. The number of rotatable bonds is 7. The second kappa shape index (κ2) is 8.57. The minimum Gasteiger partial charge on any atom is -0.338 e. The molecule has 0 spiro atoms. The number of amides is 2. The van der Waals surface area contributed by atoms with E-state index in [1.807, 2.05) is 47.3 Å². The number of halogens is 3. The molecule has 0 saturated carbocycles. The molecule has 2 rings (SSSR count). The maximum atomic E-state index is 12.2. The highest BCUT2D eigenvalue weighted by atomic mass is 19.4. The Bertz CT molecular complexity index is 671. The molecule has 2 aromatic rings. The number of hydrogen-bond donors (Lipinski definition) is 2. The number of alkyl halides is 3. The molecule has 5 nitrogen and oxygen atoms in total. The molecule has 0 aliphatic rings. The summed E-state index contributed by atoms with van der Waals surface area (Å²) in [5, 5.41) is 5.35. The summed E-state index contributed by atoms with van der Waals surface area (Å²) >= 11 is 0. The van der Waals surface area contributed by atoms with Crippen LogP contribution in [-0.4, -0.2) is 48.4 Å².